The van der Waals surface area contributed by atoms with Gasteiger partial charge in [0.25, 0.3) is 0 Å². The second kappa shape index (κ2) is 5.77. The predicted octanol–water partition coefficient (Wildman–Crippen LogP) is 1.61. The number of hydrogen-bond donors (Lipinski definition) is 1. The fourth-order valence-electron chi connectivity index (χ4n) is 0.479. The molecule has 0 amide bonds. The predicted molar refractivity (Wildman–Crippen MR) is 50.3 cm³/mol. The number of nitrogens with zero attached hydrogens (tertiary/aromatic N) is 2. The summed E-state index contributed by atoms with van der Waals surface area (Å²) in [5.41, 5.74) is -0.439. The lowest BCUT2D eigenvalue weighted by molar-refractivity contribution is -0.138. The second-order valence-corrected chi connectivity index (χ2v) is 2.51. The van der Waals surface area contributed by atoms with Crippen molar-refractivity contribution in [1.29, 1.82) is 5.39 Å². The number of hydrogen-bond acceptors (Lipinski definition) is 4. The van der Waals surface area contributed by atoms with Crippen LogP contribution >= 0.6 is 22.6 Å². The molecule has 5 nitrogen and oxygen atoms in total. The Bertz CT molecular complexity index is 244. The fourth-order valence-corrected chi connectivity index (χ4v) is 0.840. The van der Waals surface area contributed by atoms with E-state index >= 15 is 0 Å². The number of aliphatic hydroxyl groups excluding tert-OH is 1. The zero-order chi connectivity index (χ0) is 9.56. The maximum absolute atomic E-state index is 10.9. The van der Waals surface area contributed by atoms with Crippen molar-refractivity contribution >= 4 is 28.6 Å². The molecule has 0 aliphatic carbocycles. The standard InChI is InChI=1S/C6H7IN2O3/c1-2-12-6(11)5(9-8)4(10)3-7/h2-3H2,1H3/p+1. The quantitative estimate of drug-likeness (QED) is 0.213. The van der Waals surface area contributed by atoms with E-state index in [1.54, 1.807) is 6.92 Å². The van der Waals surface area contributed by atoms with Crippen LogP contribution < -0.4 is 0 Å². The van der Waals surface area contributed by atoms with Gasteiger partial charge in [0.2, 0.25) is 11.2 Å². The average Bonchev–Trinajstić information content (AvgIpc) is 2.06. The summed E-state index contributed by atoms with van der Waals surface area (Å²) in [4.78, 5) is 13.5. The molecule has 0 aliphatic heterocycles. The van der Waals surface area contributed by atoms with Crippen molar-refractivity contribution in [2.75, 3.05) is 11.0 Å². The Morgan fingerprint density at radius 3 is 2.67 bits per heavy atom. The van der Waals surface area contributed by atoms with Crippen LogP contribution in [0.15, 0.2) is 11.5 Å². The number of carbonyl (C=O) groups excluding carboxylic acids is 1. The Morgan fingerprint density at radius 2 is 2.33 bits per heavy atom. The Kier molecular flexibility index (Phi) is 5.36. The lowest BCUT2D eigenvalue weighted by Crippen LogP contribution is -2.08. The highest BCUT2D eigenvalue weighted by atomic mass is 127. The van der Waals surface area contributed by atoms with E-state index in [4.69, 9.17) is 10.5 Å². The number of ether oxygens (including phenoxy) is 1. The Balaban J connectivity index is 4.59. The van der Waals surface area contributed by atoms with E-state index < -0.39 is 11.7 Å². The summed E-state index contributed by atoms with van der Waals surface area (Å²) in [5.74, 6) is -1.12. The Labute approximate surface area is 83.2 Å². The van der Waals surface area contributed by atoms with Crippen molar-refractivity contribution in [3.05, 3.63) is 16.4 Å². The van der Waals surface area contributed by atoms with Gasteiger partial charge in [-0.25, -0.2) is 4.79 Å². The Morgan fingerprint density at radius 1 is 1.75 bits per heavy atom. The number of carbonyl (C=O) groups is 1. The number of aliphatic hydroxyl groups is 1. The van der Waals surface area contributed by atoms with Crippen LogP contribution in [-0.4, -0.2) is 22.1 Å². The molecule has 0 spiro atoms. The summed E-state index contributed by atoms with van der Waals surface area (Å²) in [6.45, 7) is 1.79. The minimum absolute atomic E-state index is 0.173. The first kappa shape index (κ1) is 11.2. The minimum atomic E-state index is -0.825. The summed E-state index contributed by atoms with van der Waals surface area (Å²) < 4.78 is 4.69. The summed E-state index contributed by atoms with van der Waals surface area (Å²) in [6.07, 6.45) is 0. The number of diazo groups is 1. The van der Waals surface area contributed by atoms with E-state index in [2.05, 4.69) is 9.71 Å². The average molecular weight is 283 g/mol. The first-order valence-corrected chi connectivity index (χ1v) is 4.70. The third-order valence-electron chi connectivity index (χ3n) is 0.969. The maximum Gasteiger partial charge on any atom is 0.505 e. The molecule has 12 heavy (non-hydrogen) atoms. The molecule has 0 radical (unpaired) electrons. The van der Waals surface area contributed by atoms with Crippen LogP contribution in [0.4, 0.5) is 0 Å². The molecule has 66 valence electrons. The van der Waals surface area contributed by atoms with E-state index in [1.165, 1.54) is 0 Å². The molecule has 0 saturated carbocycles. The number of rotatable bonds is 3. The first-order chi connectivity index (χ1) is 5.67. The molecule has 6 heteroatoms. The van der Waals surface area contributed by atoms with Crippen molar-refractivity contribution in [3.8, 4) is 0 Å². The summed E-state index contributed by atoms with van der Waals surface area (Å²) in [7, 11) is 0. The van der Waals surface area contributed by atoms with Crippen molar-refractivity contribution in [3.63, 3.8) is 0 Å². The van der Waals surface area contributed by atoms with E-state index in [0.717, 1.165) is 0 Å². The van der Waals surface area contributed by atoms with E-state index in [-0.39, 0.29) is 16.8 Å². The monoisotopic (exact) mass is 283 g/mol. The third kappa shape index (κ3) is 3.04. The van der Waals surface area contributed by atoms with Gasteiger partial charge in [-0.2, -0.15) is 0 Å². The molecular weight excluding hydrogens is 275 g/mol. The molecule has 0 aromatic rings. The van der Waals surface area contributed by atoms with Crippen LogP contribution in [0, 0.1) is 5.39 Å². The highest BCUT2D eigenvalue weighted by Gasteiger charge is 2.29. The molecule has 0 rings (SSSR count). The molecule has 0 atom stereocenters. The van der Waals surface area contributed by atoms with Gasteiger partial charge in [0.1, 0.15) is 0 Å². The topological polar surface area (TPSA) is 74.7 Å². The highest BCUT2D eigenvalue weighted by Crippen LogP contribution is 2.08. The lowest BCUT2D eigenvalue weighted by atomic mass is 10.4. The van der Waals surface area contributed by atoms with E-state index in [9.17, 15) is 4.79 Å². The zero-order valence-corrected chi connectivity index (χ0v) is 8.61. The molecule has 0 unspecified atom stereocenters. The number of halogens is 1. The van der Waals surface area contributed by atoms with Crippen molar-refractivity contribution in [1.82, 2.24) is 0 Å². The van der Waals surface area contributed by atoms with Crippen molar-refractivity contribution in [2.24, 2.45) is 0 Å². The SMILES string of the molecule is CCOC(=O)/C([N+]#N)=C(\O)CI. The normalized spacial score (nSPS) is 11.4. The second-order valence-electron chi connectivity index (χ2n) is 1.75. The number of allylic oxidation sites excluding steroid dienone is 1. The van der Waals surface area contributed by atoms with Crippen LogP contribution in [-0.2, 0) is 9.53 Å². The van der Waals surface area contributed by atoms with Gasteiger partial charge in [0, 0.05) is 0 Å². The van der Waals surface area contributed by atoms with Crippen molar-refractivity contribution in [2.45, 2.75) is 6.92 Å². The third-order valence-corrected chi connectivity index (χ3v) is 1.69. The molecule has 0 aromatic heterocycles. The maximum atomic E-state index is 10.9. The van der Waals surface area contributed by atoms with E-state index in [0.29, 0.717) is 0 Å². The van der Waals surface area contributed by atoms with E-state index in [1.807, 2.05) is 22.6 Å². The van der Waals surface area contributed by atoms with Gasteiger partial charge in [0.05, 0.1) is 11.0 Å². The van der Waals surface area contributed by atoms with Gasteiger partial charge in [-0.3, -0.25) is 0 Å². The molecule has 0 aromatic carbocycles. The zero-order valence-electron chi connectivity index (χ0n) is 6.45. The first-order valence-electron chi connectivity index (χ1n) is 3.17. The summed E-state index contributed by atoms with van der Waals surface area (Å²) in [6, 6.07) is 0. The van der Waals surface area contributed by atoms with Crippen LogP contribution in [0.2, 0.25) is 0 Å². The molecule has 0 aliphatic rings. The number of alkyl halides is 1. The molecule has 0 saturated heterocycles. The Hall–Kier alpha value is -0.840. The fraction of sp³-hybridized carbons (Fsp3) is 0.500. The van der Waals surface area contributed by atoms with Gasteiger partial charge in [-0.15, -0.1) is 0 Å². The molecule has 1 N–H and O–H groups in total. The van der Waals surface area contributed by atoms with Gasteiger partial charge in [-0.05, 0) is 6.92 Å². The van der Waals surface area contributed by atoms with Crippen LogP contribution in [0.3, 0.4) is 0 Å². The largest absolute Gasteiger partial charge is 0.505 e. The van der Waals surface area contributed by atoms with Gasteiger partial charge < -0.3 is 9.84 Å². The molecule has 0 bridgehead atoms. The van der Waals surface area contributed by atoms with Crippen LogP contribution in [0.5, 0.6) is 0 Å². The summed E-state index contributed by atoms with van der Waals surface area (Å²) in [5, 5.41) is 17.4. The molecule has 0 heterocycles. The van der Waals surface area contributed by atoms with Gasteiger partial charge in [0.15, 0.2) is 4.98 Å². The van der Waals surface area contributed by atoms with Crippen LogP contribution in [0.1, 0.15) is 6.92 Å². The van der Waals surface area contributed by atoms with Crippen LogP contribution in [0.25, 0.3) is 4.98 Å². The van der Waals surface area contributed by atoms with Crippen molar-refractivity contribution < 1.29 is 14.6 Å². The molecular formula is C6H8IN2O3+. The highest BCUT2D eigenvalue weighted by molar-refractivity contribution is 14.1. The lowest BCUT2D eigenvalue weighted by Gasteiger charge is -1.92. The minimum Gasteiger partial charge on any atom is -0.504 e. The van der Waals surface area contributed by atoms with Gasteiger partial charge >= 0.3 is 11.7 Å². The smallest absolute Gasteiger partial charge is 0.504 e. The van der Waals surface area contributed by atoms with Gasteiger partial charge in [-0.1, -0.05) is 22.6 Å². The summed E-state index contributed by atoms with van der Waals surface area (Å²) >= 11 is 1.83. The number of esters is 1. The molecule has 0 fully saturated rings.